The van der Waals surface area contributed by atoms with Crippen LogP contribution in [0.4, 0.5) is 28.4 Å². The number of nitrogens with zero attached hydrogens (tertiary/aromatic N) is 4. The van der Waals surface area contributed by atoms with Crippen LogP contribution in [0, 0.1) is 0 Å². The Morgan fingerprint density at radius 2 is 1.05 bits per heavy atom. The Hall–Kier alpha value is -4.60. The monoisotopic (exact) mass is 903 g/mol. The van der Waals surface area contributed by atoms with E-state index >= 15 is 0 Å². The molecule has 4 aromatic carbocycles. The Morgan fingerprint density at radius 3 is 1.57 bits per heavy atom. The first-order valence-electron chi connectivity index (χ1n) is 14.4. The van der Waals surface area contributed by atoms with Gasteiger partial charge in [-0.25, -0.2) is 25.2 Å². The summed E-state index contributed by atoms with van der Waals surface area (Å²) in [6.07, 6.45) is 0. The molecular weight excluding hydrogens is 879 g/mol. The average molecular weight is 904 g/mol. The van der Waals surface area contributed by atoms with E-state index in [-0.39, 0.29) is 32.7 Å². The summed E-state index contributed by atoms with van der Waals surface area (Å²) in [6, 6.07) is 9.24. The number of hydrogen-bond donors (Lipinski definition) is 6. The number of nitrogen functional groups attached to an aromatic ring is 1. The van der Waals surface area contributed by atoms with Gasteiger partial charge in [-0.15, -0.1) is 15.3 Å². The van der Waals surface area contributed by atoms with Crippen molar-refractivity contribution in [3.05, 3.63) is 60.7 Å². The number of anilines is 1. The number of nitrogens with two attached hydrogens (primary N) is 1. The summed E-state index contributed by atoms with van der Waals surface area (Å²) < 4.78 is 186. The number of benzene rings is 4. The summed E-state index contributed by atoms with van der Waals surface area (Å²) in [5, 5.41) is 25.7. The summed E-state index contributed by atoms with van der Waals surface area (Å²) in [5.41, 5.74) is 3.81. The van der Waals surface area contributed by atoms with E-state index in [1.807, 2.05) is 0 Å². The van der Waals surface area contributed by atoms with E-state index in [0.717, 1.165) is 54.6 Å². The van der Waals surface area contributed by atoms with Crippen molar-refractivity contribution in [3.63, 3.8) is 0 Å². The van der Waals surface area contributed by atoms with Gasteiger partial charge in [-0.05, 0) is 66.0 Å². The number of phenols is 1. The van der Waals surface area contributed by atoms with Crippen LogP contribution in [0.5, 0.6) is 5.75 Å². The molecule has 0 aliphatic carbocycles. The Morgan fingerprint density at radius 1 is 0.554 bits per heavy atom. The Bertz CT molecular complexity index is 2950. The first-order valence-corrected chi connectivity index (χ1v) is 23.3. The predicted molar refractivity (Wildman–Crippen MR) is 190 cm³/mol. The van der Waals surface area contributed by atoms with Crippen LogP contribution < -0.4 is 5.73 Å². The maximum absolute atomic E-state index is 12.6. The molecule has 0 aromatic heterocycles. The van der Waals surface area contributed by atoms with Crippen LogP contribution in [0.25, 0.3) is 10.8 Å². The van der Waals surface area contributed by atoms with Crippen molar-refractivity contribution in [1.82, 2.24) is 0 Å². The fourth-order valence-electron chi connectivity index (χ4n) is 4.43. The fourth-order valence-corrected chi connectivity index (χ4v) is 8.81. The third-order valence-electron chi connectivity index (χ3n) is 6.94. The van der Waals surface area contributed by atoms with E-state index in [4.69, 9.17) is 14.8 Å². The molecule has 0 unspecified atom stereocenters. The molecule has 24 nitrogen and oxygen atoms in total. The third kappa shape index (κ3) is 11.5. The molecule has 7 N–H and O–H groups in total. The first-order chi connectivity index (χ1) is 25.6. The number of hydrogen-bond acceptors (Lipinski definition) is 20. The van der Waals surface area contributed by atoms with Crippen molar-refractivity contribution in [3.8, 4) is 5.75 Å². The molecular formula is C26H25N5O19S6. The summed E-state index contributed by atoms with van der Waals surface area (Å²) in [5.74, 6) is -2.83. The summed E-state index contributed by atoms with van der Waals surface area (Å²) >= 11 is 0. The second-order valence-corrected chi connectivity index (χ2v) is 20.0. The minimum Gasteiger partial charge on any atom is -0.505 e. The topological polar surface area (TPSA) is 400 Å². The smallest absolute Gasteiger partial charge is 0.397 e. The Balaban J connectivity index is 1.72. The maximum Gasteiger partial charge on any atom is 0.397 e. The molecule has 56 heavy (non-hydrogen) atoms. The van der Waals surface area contributed by atoms with Gasteiger partial charge in [0.2, 0.25) is 0 Å². The molecule has 0 radical (unpaired) electrons. The number of rotatable bonds is 16. The minimum atomic E-state index is -5.21. The van der Waals surface area contributed by atoms with Crippen LogP contribution in [0.15, 0.2) is 101 Å². The van der Waals surface area contributed by atoms with Crippen LogP contribution >= 0.6 is 0 Å². The lowest BCUT2D eigenvalue weighted by Gasteiger charge is -2.11. The second-order valence-electron chi connectivity index (χ2n) is 10.8. The summed E-state index contributed by atoms with van der Waals surface area (Å²) in [4.78, 5) is -3.12. The highest BCUT2D eigenvalue weighted by Crippen LogP contribution is 2.44. The van der Waals surface area contributed by atoms with E-state index in [1.54, 1.807) is 0 Å². The normalized spacial score (nSPS) is 13.6. The molecule has 0 fully saturated rings. The number of phenolic OH excluding ortho intramolecular Hbond substituents is 1. The van der Waals surface area contributed by atoms with Crippen molar-refractivity contribution in [2.24, 2.45) is 20.5 Å². The molecule has 0 atom stereocenters. The molecule has 4 rings (SSSR count). The molecule has 0 saturated heterocycles. The van der Waals surface area contributed by atoms with E-state index < -0.39 is 117 Å². The van der Waals surface area contributed by atoms with Crippen LogP contribution in [-0.4, -0.2) is 98.5 Å². The highest BCUT2D eigenvalue weighted by molar-refractivity contribution is 7.92. The van der Waals surface area contributed by atoms with Gasteiger partial charge in [-0.2, -0.15) is 38.8 Å². The highest BCUT2D eigenvalue weighted by Gasteiger charge is 2.25. The summed E-state index contributed by atoms with van der Waals surface area (Å²) in [7, 11) is -28.8. The van der Waals surface area contributed by atoms with Crippen LogP contribution in [0.2, 0.25) is 0 Å². The molecule has 30 heteroatoms. The highest BCUT2D eigenvalue weighted by atomic mass is 32.3. The van der Waals surface area contributed by atoms with Gasteiger partial charge < -0.3 is 10.8 Å². The molecule has 4 aromatic rings. The standard InChI is InChI=1S/C26H25N5O19S6/c27-20-11-15-12-24(54(40,41)42)25(31-28-16-1-3-17(4-2-16)51(33,34)9-7-49-55(43,44)45)26(32)19(15)14-22(20)30-29-21-6-5-18(13-23(21)53(37,38)39)52(35,36)10-8-50-56(46,47)48/h1-6,11-14,32H,7-10,27H2,(H,37,38,39)(H,40,41,42)(H,43,44,45)(H,46,47,48). The fraction of sp³-hybridized carbons (Fsp3) is 0.154. The number of azo groups is 2. The zero-order chi connectivity index (χ0) is 42.1. The number of aromatic hydroxyl groups is 1. The molecule has 0 saturated carbocycles. The van der Waals surface area contributed by atoms with E-state index in [0.29, 0.717) is 6.07 Å². The second kappa shape index (κ2) is 16.1. The minimum absolute atomic E-state index is 0.120. The number of fused-ring (bicyclic) bond motifs is 1. The zero-order valence-corrected chi connectivity index (χ0v) is 32.3. The van der Waals surface area contributed by atoms with Gasteiger partial charge in [0.25, 0.3) is 20.2 Å². The van der Waals surface area contributed by atoms with Crippen LogP contribution in [0.3, 0.4) is 0 Å². The Labute approximate surface area is 317 Å². The van der Waals surface area contributed by atoms with Crippen molar-refractivity contribution >= 4 is 99.9 Å². The van der Waals surface area contributed by atoms with Gasteiger partial charge in [0.1, 0.15) is 26.9 Å². The van der Waals surface area contributed by atoms with Gasteiger partial charge in [-0.1, -0.05) is 0 Å². The predicted octanol–water partition coefficient (Wildman–Crippen LogP) is 2.64. The lowest BCUT2D eigenvalue weighted by atomic mass is 10.1. The lowest BCUT2D eigenvalue weighted by molar-refractivity contribution is 0.282. The SMILES string of the molecule is Nc1cc2cc(S(=O)(=O)O)c(N=Nc3ccc(S(=O)(=O)CCOS(=O)(=O)O)cc3)c(O)c2cc1N=Nc1ccc(S(=O)(=O)CCOS(=O)(=O)O)cc1S(=O)(=O)O. The van der Waals surface area contributed by atoms with Crippen LogP contribution in [-0.2, 0) is 69.1 Å². The number of sulfone groups is 2. The largest absolute Gasteiger partial charge is 0.505 e. The Kier molecular flexibility index (Phi) is 12.7. The van der Waals surface area contributed by atoms with Gasteiger partial charge in [0, 0.05) is 5.39 Å². The molecule has 0 aliphatic heterocycles. The lowest BCUT2D eigenvalue weighted by Crippen LogP contribution is -2.16. The van der Waals surface area contributed by atoms with Crippen molar-refractivity contribution < 1.29 is 82.2 Å². The van der Waals surface area contributed by atoms with Crippen LogP contribution in [0.1, 0.15) is 0 Å². The van der Waals surface area contributed by atoms with Gasteiger partial charge in [0.05, 0.1) is 45.9 Å². The molecule has 0 bridgehead atoms. The first kappa shape index (κ1) is 44.1. The van der Waals surface area contributed by atoms with Gasteiger partial charge in [-0.3, -0.25) is 18.2 Å². The maximum atomic E-state index is 12.6. The molecule has 0 amide bonds. The van der Waals surface area contributed by atoms with Gasteiger partial charge >= 0.3 is 20.8 Å². The van der Waals surface area contributed by atoms with Crippen molar-refractivity contribution in [2.75, 3.05) is 30.5 Å². The van der Waals surface area contributed by atoms with E-state index in [2.05, 4.69) is 28.8 Å². The molecule has 0 heterocycles. The quantitative estimate of drug-likeness (QED) is 0.0534. The molecule has 0 spiro atoms. The van der Waals surface area contributed by atoms with E-state index in [1.165, 1.54) is 0 Å². The van der Waals surface area contributed by atoms with Crippen molar-refractivity contribution in [1.29, 1.82) is 0 Å². The third-order valence-corrected chi connectivity index (χ3v) is 13.0. The summed E-state index contributed by atoms with van der Waals surface area (Å²) in [6.45, 7) is -1.95. The van der Waals surface area contributed by atoms with Crippen molar-refractivity contribution in [2.45, 2.75) is 19.6 Å². The average Bonchev–Trinajstić information content (AvgIpc) is 3.05. The zero-order valence-electron chi connectivity index (χ0n) is 27.4. The van der Waals surface area contributed by atoms with Gasteiger partial charge in [0.15, 0.2) is 25.4 Å². The molecule has 304 valence electrons. The molecule has 0 aliphatic rings. The van der Waals surface area contributed by atoms with E-state index in [9.17, 15) is 64.7 Å².